The molecule has 5 nitrogen and oxygen atoms in total. The molecule has 2 aromatic rings. The molecule has 0 bridgehead atoms. The van der Waals surface area contributed by atoms with Gasteiger partial charge in [-0.25, -0.2) is 0 Å². The predicted molar refractivity (Wildman–Crippen MR) is 101 cm³/mol. The number of anilines is 1. The average Bonchev–Trinajstić information content (AvgIpc) is 3.45. The Morgan fingerprint density at radius 3 is 2.65 bits per heavy atom. The van der Waals surface area contributed by atoms with Gasteiger partial charge in [-0.3, -0.25) is 9.59 Å². The molecule has 1 saturated carbocycles. The lowest BCUT2D eigenvalue weighted by Gasteiger charge is -2.11. The second-order valence-corrected chi connectivity index (χ2v) is 6.80. The molecule has 1 aliphatic carbocycles. The highest BCUT2D eigenvalue weighted by molar-refractivity contribution is 5.94. The van der Waals surface area contributed by atoms with Crippen molar-refractivity contribution in [3.05, 3.63) is 59.2 Å². The summed E-state index contributed by atoms with van der Waals surface area (Å²) in [6, 6.07) is 13.4. The van der Waals surface area contributed by atoms with Gasteiger partial charge in [0.2, 0.25) is 5.91 Å². The van der Waals surface area contributed by atoms with Gasteiger partial charge in [0.05, 0.1) is 0 Å². The maximum atomic E-state index is 12.0. The normalized spacial score (nSPS) is 13.2. The van der Waals surface area contributed by atoms with Gasteiger partial charge in [0.25, 0.3) is 5.91 Å². The van der Waals surface area contributed by atoms with Crippen LogP contribution in [-0.2, 0) is 16.1 Å². The Balaban J connectivity index is 1.47. The summed E-state index contributed by atoms with van der Waals surface area (Å²) in [5.41, 5.74) is 3.86. The lowest BCUT2D eigenvalue weighted by atomic mass is 10.1. The second kappa shape index (κ2) is 8.04. The van der Waals surface area contributed by atoms with Crippen LogP contribution in [0.25, 0.3) is 0 Å². The number of hydrogen-bond acceptors (Lipinski definition) is 3. The summed E-state index contributed by atoms with van der Waals surface area (Å²) in [6.07, 6.45) is 1.95. The fraction of sp³-hybridized carbons (Fsp3) is 0.333. The zero-order valence-electron chi connectivity index (χ0n) is 15.2. The third-order valence-corrected chi connectivity index (χ3v) is 4.32. The number of ether oxygens (including phenoxy) is 1. The number of carbonyl (C=O) groups is 2. The van der Waals surface area contributed by atoms with Gasteiger partial charge in [-0.05, 0) is 56.0 Å². The summed E-state index contributed by atoms with van der Waals surface area (Å²) in [7, 11) is 0. The molecule has 3 rings (SSSR count). The van der Waals surface area contributed by atoms with E-state index in [1.807, 2.05) is 56.3 Å². The number of amides is 2. The summed E-state index contributed by atoms with van der Waals surface area (Å²) < 4.78 is 5.58. The van der Waals surface area contributed by atoms with Crippen LogP contribution in [0.5, 0.6) is 5.75 Å². The molecule has 2 aromatic carbocycles. The summed E-state index contributed by atoms with van der Waals surface area (Å²) in [6.45, 7) is 4.34. The summed E-state index contributed by atoms with van der Waals surface area (Å²) in [4.78, 5) is 23.8. The maximum absolute atomic E-state index is 12.0. The molecule has 0 spiro atoms. The highest BCUT2D eigenvalue weighted by Gasteiger charge is 2.29. The first kappa shape index (κ1) is 18.0. The standard InChI is InChI=1S/C21H24N2O3/c1-14-6-9-19(15(2)10-14)26-13-20(24)22-12-16-4-3-5-18(11-16)23-21(25)17-7-8-17/h3-6,9-11,17H,7-8,12-13H2,1-2H3,(H,22,24)(H,23,25). The first-order valence-electron chi connectivity index (χ1n) is 8.88. The Bertz CT molecular complexity index is 813. The van der Waals surface area contributed by atoms with Crippen molar-refractivity contribution in [2.45, 2.75) is 33.2 Å². The van der Waals surface area contributed by atoms with Crippen LogP contribution in [0.15, 0.2) is 42.5 Å². The monoisotopic (exact) mass is 352 g/mol. The van der Waals surface area contributed by atoms with Crippen LogP contribution in [0.2, 0.25) is 0 Å². The molecule has 0 radical (unpaired) electrons. The van der Waals surface area contributed by atoms with Gasteiger partial charge in [0, 0.05) is 18.2 Å². The van der Waals surface area contributed by atoms with Crippen molar-refractivity contribution >= 4 is 17.5 Å². The Morgan fingerprint density at radius 2 is 1.92 bits per heavy atom. The molecule has 136 valence electrons. The van der Waals surface area contributed by atoms with E-state index in [4.69, 9.17) is 4.74 Å². The van der Waals surface area contributed by atoms with Gasteiger partial charge < -0.3 is 15.4 Å². The number of nitrogens with one attached hydrogen (secondary N) is 2. The van der Waals surface area contributed by atoms with Crippen LogP contribution in [0.1, 0.15) is 29.5 Å². The van der Waals surface area contributed by atoms with E-state index in [0.29, 0.717) is 6.54 Å². The lowest BCUT2D eigenvalue weighted by molar-refractivity contribution is -0.123. The molecule has 0 heterocycles. The quantitative estimate of drug-likeness (QED) is 0.803. The smallest absolute Gasteiger partial charge is 0.258 e. The van der Waals surface area contributed by atoms with Crippen molar-refractivity contribution in [2.75, 3.05) is 11.9 Å². The molecule has 0 aliphatic heterocycles. The third-order valence-electron chi connectivity index (χ3n) is 4.32. The Morgan fingerprint density at radius 1 is 1.12 bits per heavy atom. The van der Waals surface area contributed by atoms with E-state index in [2.05, 4.69) is 10.6 Å². The maximum Gasteiger partial charge on any atom is 0.258 e. The third kappa shape index (κ3) is 5.09. The number of aryl methyl sites for hydroxylation is 2. The van der Waals surface area contributed by atoms with Crippen molar-refractivity contribution in [3.8, 4) is 5.75 Å². The molecule has 0 atom stereocenters. The van der Waals surface area contributed by atoms with Crippen LogP contribution >= 0.6 is 0 Å². The van der Waals surface area contributed by atoms with Crippen LogP contribution in [-0.4, -0.2) is 18.4 Å². The van der Waals surface area contributed by atoms with Crippen molar-refractivity contribution in [2.24, 2.45) is 5.92 Å². The number of carbonyl (C=O) groups excluding carboxylic acids is 2. The van der Waals surface area contributed by atoms with Gasteiger partial charge in [0.1, 0.15) is 5.75 Å². The highest BCUT2D eigenvalue weighted by atomic mass is 16.5. The van der Waals surface area contributed by atoms with Crippen LogP contribution in [0, 0.1) is 19.8 Å². The largest absolute Gasteiger partial charge is 0.484 e. The molecular formula is C21H24N2O3. The van der Waals surface area contributed by atoms with E-state index in [0.717, 1.165) is 41.0 Å². The van der Waals surface area contributed by atoms with Gasteiger partial charge in [-0.1, -0.05) is 29.8 Å². The molecular weight excluding hydrogens is 328 g/mol. The van der Waals surface area contributed by atoms with E-state index in [-0.39, 0.29) is 24.3 Å². The number of hydrogen-bond donors (Lipinski definition) is 2. The van der Waals surface area contributed by atoms with E-state index < -0.39 is 0 Å². The molecule has 0 unspecified atom stereocenters. The first-order valence-corrected chi connectivity index (χ1v) is 8.88. The first-order chi connectivity index (χ1) is 12.5. The van der Waals surface area contributed by atoms with Crippen LogP contribution in [0.4, 0.5) is 5.69 Å². The average molecular weight is 352 g/mol. The molecule has 0 aromatic heterocycles. The summed E-state index contributed by atoms with van der Waals surface area (Å²) in [5.74, 6) is 0.779. The molecule has 1 fully saturated rings. The Labute approximate surface area is 153 Å². The van der Waals surface area contributed by atoms with E-state index in [1.54, 1.807) is 0 Å². The topological polar surface area (TPSA) is 67.4 Å². The van der Waals surface area contributed by atoms with Crippen LogP contribution in [0.3, 0.4) is 0 Å². The minimum Gasteiger partial charge on any atom is -0.484 e. The molecule has 26 heavy (non-hydrogen) atoms. The van der Waals surface area contributed by atoms with Gasteiger partial charge in [-0.2, -0.15) is 0 Å². The van der Waals surface area contributed by atoms with Crippen molar-refractivity contribution in [3.63, 3.8) is 0 Å². The number of rotatable bonds is 7. The zero-order valence-corrected chi connectivity index (χ0v) is 15.2. The fourth-order valence-corrected chi connectivity index (χ4v) is 2.71. The Hall–Kier alpha value is -2.82. The highest BCUT2D eigenvalue weighted by Crippen LogP contribution is 2.30. The van der Waals surface area contributed by atoms with E-state index >= 15 is 0 Å². The minimum atomic E-state index is -0.183. The van der Waals surface area contributed by atoms with Gasteiger partial charge in [0.15, 0.2) is 6.61 Å². The molecule has 2 amide bonds. The van der Waals surface area contributed by atoms with Crippen molar-refractivity contribution in [1.29, 1.82) is 0 Å². The Kier molecular flexibility index (Phi) is 5.56. The summed E-state index contributed by atoms with van der Waals surface area (Å²) >= 11 is 0. The van der Waals surface area contributed by atoms with Crippen LogP contribution < -0.4 is 15.4 Å². The van der Waals surface area contributed by atoms with E-state index in [1.165, 1.54) is 0 Å². The van der Waals surface area contributed by atoms with Gasteiger partial charge in [-0.15, -0.1) is 0 Å². The van der Waals surface area contributed by atoms with Gasteiger partial charge >= 0.3 is 0 Å². The molecule has 1 aliphatic rings. The van der Waals surface area contributed by atoms with Crippen molar-refractivity contribution in [1.82, 2.24) is 5.32 Å². The molecule has 2 N–H and O–H groups in total. The minimum absolute atomic E-state index is 0.0258. The zero-order chi connectivity index (χ0) is 18.5. The summed E-state index contributed by atoms with van der Waals surface area (Å²) in [5, 5.41) is 5.75. The second-order valence-electron chi connectivity index (χ2n) is 6.80. The molecule has 5 heteroatoms. The fourth-order valence-electron chi connectivity index (χ4n) is 2.71. The SMILES string of the molecule is Cc1ccc(OCC(=O)NCc2cccc(NC(=O)C3CC3)c2)c(C)c1. The van der Waals surface area contributed by atoms with Crippen molar-refractivity contribution < 1.29 is 14.3 Å². The predicted octanol–water partition coefficient (Wildman–Crippen LogP) is 3.35. The molecule has 0 saturated heterocycles. The number of benzene rings is 2. The lowest BCUT2D eigenvalue weighted by Crippen LogP contribution is -2.28. The van der Waals surface area contributed by atoms with E-state index in [9.17, 15) is 9.59 Å².